The van der Waals surface area contributed by atoms with Crippen LogP contribution in [0.4, 0.5) is 16.5 Å². The lowest BCUT2D eigenvalue weighted by Crippen LogP contribution is -1.95. The third-order valence-electron chi connectivity index (χ3n) is 2.72. The maximum absolute atomic E-state index is 6.16. The summed E-state index contributed by atoms with van der Waals surface area (Å²) < 4.78 is 0. The van der Waals surface area contributed by atoms with Gasteiger partial charge >= 0.3 is 0 Å². The third kappa shape index (κ3) is 2.96. The van der Waals surface area contributed by atoms with E-state index >= 15 is 0 Å². The van der Waals surface area contributed by atoms with Crippen molar-refractivity contribution in [3.05, 3.63) is 45.5 Å². The van der Waals surface area contributed by atoms with E-state index in [2.05, 4.69) is 20.5 Å². The van der Waals surface area contributed by atoms with E-state index in [0.717, 1.165) is 5.69 Å². The van der Waals surface area contributed by atoms with Crippen molar-refractivity contribution in [1.29, 1.82) is 0 Å². The molecule has 0 radical (unpaired) electrons. The molecule has 2 aromatic heterocycles. The summed E-state index contributed by atoms with van der Waals surface area (Å²) in [6.07, 6.45) is 0. The van der Waals surface area contributed by atoms with Crippen molar-refractivity contribution >= 4 is 62.6 Å². The molecule has 0 spiro atoms. The smallest absolute Gasteiger partial charge is 0.210 e. The molecule has 2 heterocycles. The van der Waals surface area contributed by atoms with Crippen LogP contribution in [0.3, 0.4) is 0 Å². The second kappa shape index (κ2) is 6.26. The Morgan fingerprint density at radius 2 is 1.73 bits per heavy atom. The van der Waals surface area contributed by atoms with Crippen LogP contribution >= 0.6 is 46.1 Å². The average molecular weight is 373 g/mol. The van der Waals surface area contributed by atoms with Gasteiger partial charge < -0.3 is 11.1 Å². The number of aromatic nitrogens is 3. The fraction of sp³-hybridized carbons (Fsp3) is 0. The largest absolute Gasteiger partial charge is 0.396 e. The number of nitrogens with two attached hydrogens (primary N) is 1. The number of pyridine rings is 1. The molecule has 0 atom stereocenters. The van der Waals surface area contributed by atoms with Gasteiger partial charge in [0.15, 0.2) is 10.2 Å². The fourth-order valence-corrected chi connectivity index (χ4v) is 3.10. The highest BCUT2D eigenvalue weighted by molar-refractivity contribution is 7.18. The van der Waals surface area contributed by atoms with Gasteiger partial charge in [-0.05, 0) is 12.1 Å². The van der Waals surface area contributed by atoms with Gasteiger partial charge in [-0.15, -0.1) is 10.2 Å². The number of nitrogens with zero attached hydrogens (tertiary/aromatic N) is 3. The number of benzene rings is 1. The van der Waals surface area contributed by atoms with Crippen LogP contribution in [-0.4, -0.2) is 15.2 Å². The molecular formula is C13H8Cl3N5S. The van der Waals surface area contributed by atoms with Gasteiger partial charge in [0.2, 0.25) is 5.13 Å². The molecule has 3 rings (SSSR count). The molecule has 112 valence electrons. The van der Waals surface area contributed by atoms with Crippen LogP contribution in [0.15, 0.2) is 30.3 Å². The zero-order valence-electron chi connectivity index (χ0n) is 10.8. The van der Waals surface area contributed by atoms with Crippen molar-refractivity contribution in [3.8, 4) is 10.7 Å². The van der Waals surface area contributed by atoms with Gasteiger partial charge in [-0.3, -0.25) is 0 Å². The van der Waals surface area contributed by atoms with Crippen LogP contribution in [-0.2, 0) is 0 Å². The minimum atomic E-state index is 0.0753. The van der Waals surface area contributed by atoms with E-state index in [1.807, 2.05) is 30.3 Å². The SMILES string of the molecule is Nc1c(Cl)c(Cl)nc(-c2nnc(Nc3ccccc3)s2)c1Cl. The van der Waals surface area contributed by atoms with Gasteiger partial charge in [-0.2, -0.15) is 0 Å². The second-order valence-corrected chi connectivity index (χ2v) is 6.29. The lowest BCUT2D eigenvalue weighted by molar-refractivity contribution is 1.09. The van der Waals surface area contributed by atoms with Gasteiger partial charge in [-0.1, -0.05) is 64.3 Å². The molecular weight excluding hydrogens is 365 g/mol. The molecule has 22 heavy (non-hydrogen) atoms. The number of hydrogen-bond acceptors (Lipinski definition) is 6. The Hall–Kier alpha value is -1.60. The Kier molecular flexibility index (Phi) is 4.35. The molecule has 1 aromatic carbocycles. The molecule has 3 N–H and O–H groups in total. The molecule has 0 amide bonds. The van der Waals surface area contributed by atoms with Crippen molar-refractivity contribution in [3.63, 3.8) is 0 Å². The number of nitrogens with one attached hydrogen (secondary N) is 1. The van der Waals surface area contributed by atoms with Gasteiger partial charge in [0.25, 0.3) is 0 Å². The van der Waals surface area contributed by atoms with Crippen LogP contribution in [0.2, 0.25) is 15.2 Å². The number of halogens is 3. The number of rotatable bonds is 3. The Morgan fingerprint density at radius 3 is 2.45 bits per heavy atom. The van der Waals surface area contributed by atoms with Crippen molar-refractivity contribution in [2.24, 2.45) is 0 Å². The minimum Gasteiger partial charge on any atom is -0.396 e. The second-order valence-electron chi connectivity index (χ2n) is 4.20. The highest BCUT2D eigenvalue weighted by Gasteiger charge is 2.18. The van der Waals surface area contributed by atoms with Crippen molar-refractivity contribution in [2.75, 3.05) is 11.1 Å². The summed E-state index contributed by atoms with van der Waals surface area (Å²) in [6.45, 7) is 0. The summed E-state index contributed by atoms with van der Waals surface area (Å²) in [7, 11) is 0. The highest BCUT2D eigenvalue weighted by atomic mass is 35.5. The lowest BCUT2D eigenvalue weighted by Gasteiger charge is -2.06. The standard InChI is InChI=1S/C13H8Cl3N5S/c14-7-9(17)8(15)11(16)19-10(7)12-20-21-13(22-12)18-6-4-2-1-3-5-6/h1-5H,(H2,17,19)(H,18,21). The summed E-state index contributed by atoms with van der Waals surface area (Å²) in [5.41, 5.74) is 7.23. The van der Waals surface area contributed by atoms with Gasteiger partial charge in [0, 0.05) is 5.69 Å². The first kappa shape index (κ1) is 15.3. The maximum atomic E-state index is 6.16. The Morgan fingerprint density at radius 1 is 1.00 bits per heavy atom. The average Bonchev–Trinajstić information content (AvgIpc) is 2.98. The van der Waals surface area contributed by atoms with E-state index < -0.39 is 0 Å². The molecule has 0 aliphatic rings. The first-order chi connectivity index (χ1) is 10.6. The predicted molar refractivity (Wildman–Crippen MR) is 92.3 cm³/mol. The zero-order valence-corrected chi connectivity index (χ0v) is 13.9. The normalized spacial score (nSPS) is 10.7. The van der Waals surface area contributed by atoms with E-state index in [1.165, 1.54) is 11.3 Å². The fourth-order valence-electron chi connectivity index (χ4n) is 1.69. The summed E-state index contributed by atoms with van der Waals surface area (Å²) in [5.74, 6) is 0. The minimum absolute atomic E-state index is 0.0753. The molecule has 0 aliphatic heterocycles. The van der Waals surface area contributed by atoms with E-state index in [-0.39, 0.29) is 20.9 Å². The molecule has 0 unspecified atom stereocenters. The maximum Gasteiger partial charge on any atom is 0.210 e. The predicted octanol–water partition coefficient (Wildman–Crippen LogP) is 4.89. The van der Waals surface area contributed by atoms with Crippen LogP contribution in [0.25, 0.3) is 10.7 Å². The summed E-state index contributed by atoms with van der Waals surface area (Å²) in [5, 5.41) is 12.8. The monoisotopic (exact) mass is 371 g/mol. The molecule has 0 bridgehead atoms. The first-order valence-electron chi connectivity index (χ1n) is 6.02. The number of para-hydroxylation sites is 1. The highest BCUT2D eigenvalue weighted by Crippen LogP contribution is 2.40. The third-order valence-corrected chi connectivity index (χ3v) is 4.71. The quantitative estimate of drug-likeness (QED) is 0.640. The van der Waals surface area contributed by atoms with E-state index in [4.69, 9.17) is 40.5 Å². The number of hydrogen-bond donors (Lipinski definition) is 2. The number of nitrogen functional groups attached to an aromatic ring is 1. The zero-order chi connectivity index (χ0) is 15.7. The van der Waals surface area contributed by atoms with Crippen LogP contribution < -0.4 is 11.1 Å². The van der Waals surface area contributed by atoms with Crippen molar-refractivity contribution in [2.45, 2.75) is 0 Å². The molecule has 0 saturated heterocycles. The molecule has 0 aliphatic carbocycles. The summed E-state index contributed by atoms with van der Waals surface area (Å²) in [6, 6.07) is 9.61. The Bertz CT molecular complexity index is 822. The summed E-state index contributed by atoms with van der Waals surface area (Å²) in [4.78, 5) is 4.13. The topological polar surface area (TPSA) is 76.7 Å². The first-order valence-corrected chi connectivity index (χ1v) is 7.97. The molecule has 9 heteroatoms. The Labute approximate surface area is 145 Å². The van der Waals surface area contributed by atoms with Crippen LogP contribution in [0.5, 0.6) is 0 Å². The lowest BCUT2D eigenvalue weighted by atomic mass is 10.3. The van der Waals surface area contributed by atoms with Gasteiger partial charge in [0.05, 0.1) is 10.7 Å². The molecule has 0 saturated carbocycles. The molecule has 3 aromatic rings. The Balaban J connectivity index is 1.95. The molecule has 0 fully saturated rings. The van der Waals surface area contributed by atoms with E-state index in [9.17, 15) is 0 Å². The van der Waals surface area contributed by atoms with Crippen molar-refractivity contribution in [1.82, 2.24) is 15.2 Å². The van der Waals surface area contributed by atoms with E-state index in [0.29, 0.717) is 15.8 Å². The van der Waals surface area contributed by atoms with Gasteiger partial charge in [-0.25, -0.2) is 4.98 Å². The summed E-state index contributed by atoms with van der Waals surface area (Å²) >= 11 is 19.3. The van der Waals surface area contributed by atoms with Crippen LogP contribution in [0.1, 0.15) is 0 Å². The molecule has 5 nitrogen and oxygen atoms in total. The number of anilines is 3. The van der Waals surface area contributed by atoms with Gasteiger partial charge in [0.1, 0.15) is 10.7 Å². The van der Waals surface area contributed by atoms with Crippen molar-refractivity contribution < 1.29 is 0 Å². The van der Waals surface area contributed by atoms with Crippen LogP contribution in [0, 0.1) is 0 Å². The van der Waals surface area contributed by atoms with E-state index in [1.54, 1.807) is 0 Å².